The van der Waals surface area contributed by atoms with Crippen molar-refractivity contribution in [1.29, 1.82) is 0 Å². The third kappa shape index (κ3) is 12.5. The summed E-state index contributed by atoms with van der Waals surface area (Å²) >= 11 is 0. The Hall–Kier alpha value is 0.498. The first kappa shape index (κ1) is 51.5. The van der Waals surface area contributed by atoms with Gasteiger partial charge in [-0.05, 0) is 99.6 Å². The molecule has 0 aliphatic carbocycles. The average molecular weight is 836 g/mol. The van der Waals surface area contributed by atoms with Crippen LogP contribution in [0.25, 0.3) is 0 Å². The van der Waals surface area contributed by atoms with Crippen LogP contribution >= 0.6 is 0 Å². The summed E-state index contributed by atoms with van der Waals surface area (Å²) in [6.45, 7) is 62.5. The number of hydrogen-bond donors (Lipinski definition) is 0. The smallest absolute Gasteiger partial charge is 0.415 e. The van der Waals surface area contributed by atoms with Crippen molar-refractivity contribution in [2.24, 2.45) is 0 Å². The minimum atomic E-state index is -3.47. The minimum Gasteiger partial charge on any atom is -0.415 e. The molecule has 0 saturated heterocycles. The van der Waals surface area contributed by atoms with E-state index >= 15 is 0 Å². The van der Waals surface area contributed by atoms with Crippen LogP contribution in [0, 0.1) is 0 Å². The molecule has 6 nitrogen and oxygen atoms in total. The van der Waals surface area contributed by atoms with Crippen molar-refractivity contribution in [1.82, 2.24) is 0 Å². The van der Waals surface area contributed by atoms with Crippen LogP contribution in [0.15, 0.2) is 36.8 Å². The summed E-state index contributed by atoms with van der Waals surface area (Å²) in [6, 6.07) is 0. The molecule has 51 heavy (non-hydrogen) atoms. The van der Waals surface area contributed by atoms with Crippen LogP contribution in [0.1, 0.15) is 88.0 Å². The summed E-state index contributed by atoms with van der Waals surface area (Å²) in [7, 11) is -16.6. The Morgan fingerprint density at radius 1 is 0.529 bits per heavy atom. The third-order valence-corrected chi connectivity index (χ3v) is 38.3. The molecular formula is C38H86O6Si7. The van der Waals surface area contributed by atoms with Gasteiger partial charge in [0.05, 0.1) is 16.2 Å². The Morgan fingerprint density at radius 3 is 1.29 bits per heavy atom. The lowest BCUT2D eigenvalue weighted by atomic mass is 10.3. The van der Waals surface area contributed by atoms with Crippen molar-refractivity contribution >= 4 is 58.0 Å². The molecule has 6 atom stereocenters. The van der Waals surface area contributed by atoms with Gasteiger partial charge < -0.3 is 26.6 Å². The molecule has 0 aromatic carbocycles. The van der Waals surface area contributed by atoms with Crippen molar-refractivity contribution < 1.29 is 26.6 Å². The fraction of sp³-hybridized carbons (Fsp3) is 0.842. The first-order valence-electron chi connectivity index (χ1n) is 19.7. The van der Waals surface area contributed by atoms with Gasteiger partial charge in [0, 0.05) is 23.2 Å². The molecule has 0 radical (unpaired) electrons. The molecule has 0 aromatic rings. The Labute approximate surface area is 325 Å². The lowest BCUT2D eigenvalue weighted by Gasteiger charge is -2.53. The Bertz CT molecular complexity index is 1160. The molecule has 0 heterocycles. The molecule has 5 unspecified atom stereocenters. The van der Waals surface area contributed by atoms with Gasteiger partial charge >= 0.3 is 8.80 Å². The Morgan fingerprint density at radius 2 is 0.941 bits per heavy atom. The van der Waals surface area contributed by atoms with Crippen molar-refractivity contribution in [3.8, 4) is 0 Å². The first-order chi connectivity index (χ1) is 22.6. The number of hydrogen-bond acceptors (Lipinski definition) is 6. The van der Waals surface area contributed by atoms with Gasteiger partial charge in [-0.2, -0.15) is 0 Å². The highest BCUT2D eigenvalue weighted by Crippen LogP contribution is 2.42. The van der Waals surface area contributed by atoms with Crippen LogP contribution in [0.3, 0.4) is 0 Å². The van der Waals surface area contributed by atoms with E-state index in [1.807, 2.05) is 0 Å². The first-order valence-corrected chi connectivity index (χ1v) is 40.1. The van der Waals surface area contributed by atoms with Crippen molar-refractivity contribution in [3.63, 3.8) is 0 Å². The van der Waals surface area contributed by atoms with Crippen LogP contribution < -0.4 is 0 Å². The molecule has 302 valence electrons. The summed E-state index contributed by atoms with van der Waals surface area (Å²) in [5.41, 5.74) is 6.61. The van der Waals surface area contributed by atoms with E-state index in [4.69, 9.17) is 26.6 Å². The second kappa shape index (κ2) is 18.2. The maximum absolute atomic E-state index is 7.53. The van der Waals surface area contributed by atoms with Crippen LogP contribution in [-0.2, 0) is 26.6 Å². The molecule has 0 aliphatic rings. The van der Waals surface area contributed by atoms with E-state index in [9.17, 15) is 0 Å². The van der Waals surface area contributed by atoms with Gasteiger partial charge in [0.15, 0.2) is 0 Å². The van der Waals surface area contributed by atoms with Crippen LogP contribution in [0.4, 0.5) is 0 Å². The van der Waals surface area contributed by atoms with Gasteiger partial charge in [-0.3, -0.25) is 0 Å². The standard InChI is InChI=1S/C38H86O6Si7/c1-26-34(45(13,14)30-5)40-48(19,20)33(8)39-51(25,42-36(9,10)49(21,22)43-37(11,28-3)47(17,18)32-7)44-38(12,29-4)50(23,24)41-35(27-2)46(15,16)31-6/h30-35H,5-7,26-29H2,1-4,8-25H3/t33?,34?,35?,37-,38?,51?/m0/s1. The maximum Gasteiger partial charge on any atom is 0.498 e. The zero-order chi connectivity index (χ0) is 40.9. The fourth-order valence-corrected chi connectivity index (χ4v) is 28.6. The van der Waals surface area contributed by atoms with Crippen molar-refractivity contribution in [2.45, 2.75) is 206 Å². The van der Waals surface area contributed by atoms with Crippen LogP contribution in [-0.4, -0.2) is 90.8 Å². The van der Waals surface area contributed by atoms with Gasteiger partial charge in [-0.15, -0.1) is 19.7 Å². The second-order valence-corrected chi connectivity index (χ2v) is 48.9. The summed E-state index contributed by atoms with van der Waals surface area (Å²) in [4.78, 5) is 0. The highest BCUT2D eigenvalue weighted by atomic mass is 28.4. The summed E-state index contributed by atoms with van der Waals surface area (Å²) in [5.74, 6) is 0. The SMILES string of the molecule is C=C[Si](C)(C)C(CC)O[Si](C)(C)C(C)O[Si](C)(OC(C)(C)[Si](C)(C)O[C@](C)(CC)[Si](C)(C)C=C)OC(C)(CC)[Si](C)(C)OC(CC)[Si](C)(C)C=C. The normalized spacial score (nSPS) is 19.6. The molecule has 0 N–H and O–H groups in total. The molecule has 0 aliphatic heterocycles. The van der Waals surface area contributed by atoms with E-state index in [0.29, 0.717) is 0 Å². The summed E-state index contributed by atoms with van der Waals surface area (Å²) < 4.78 is 44.0. The van der Waals surface area contributed by atoms with E-state index in [-0.39, 0.29) is 22.4 Å². The van der Waals surface area contributed by atoms with Crippen LogP contribution in [0.2, 0.25) is 85.1 Å². The van der Waals surface area contributed by atoms with E-state index in [2.05, 4.69) is 184 Å². The summed E-state index contributed by atoms with van der Waals surface area (Å²) in [6.07, 6.45) is 3.60. The largest absolute Gasteiger partial charge is 0.498 e. The molecule has 0 saturated carbocycles. The van der Waals surface area contributed by atoms with E-state index in [0.717, 1.165) is 25.7 Å². The van der Waals surface area contributed by atoms with Gasteiger partial charge in [0.1, 0.15) is 24.2 Å². The lowest BCUT2D eigenvalue weighted by molar-refractivity contribution is -0.0369. The van der Waals surface area contributed by atoms with Crippen molar-refractivity contribution in [3.05, 3.63) is 36.8 Å². The molecule has 0 bridgehead atoms. The van der Waals surface area contributed by atoms with Gasteiger partial charge in [-0.1, -0.05) is 84.1 Å². The molecular weight excluding hydrogens is 749 g/mol. The molecule has 0 aromatic heterocycles. The molecule has 0 spiro atoms. The predicted octanol–water partition coefficient (Wildman–Crippen LogP) is 11.9. The monoisotopic (exact) mass is 834 g/mol. The fourth-order valence-electron chi connectivity index (χ4n) is 6.44. The molecule has 0 amide bonds. The Kier molecular flexibility index (Phi) is 18.4. The summed E-state index contributed by atoms with van der Waals surface area (Å²) in [5, 5.41) is -1.51. The average Bonchev–Trinajstić information content (AvgIpc) is 3.00. The second-order valence-electron chi connectivity index (χ2n) is 19.2. The molecule has 0 fully saturated rings. The van der Waals surface area contributed by atoms with E-state index in [1.165, 1.54) is 0 Å². The van der Waals surface area contributed by atoms with Gasteiger partial charge in [0.2, 0.25) is 25.0 Å². The third-order valence-electron chi connectivity index (χ3n) is 13.0. The van der Waals surface area contributed by atoms with E-state index < -0.39 is 68.4 Å². The number of rotatable bonds is 25. The zero-order valence-corrected chi connectivity index (χ0v) is 44.9. The maximum atomic E-state index is 7.53. The van der Waals surface area contributed by atoms with Gasteiger partial charge in [0.25, 0.3) is 0 Å². The van der Waals surface area contributed by atoms with Crippen LogP contribution in [0.5, 0.6) is 0 Å². The van der Waals surface area contributed by atoms with Crippen molar-refractivity contribution in [2.75, 3.05) is 0 Å². The highest BCUT2D eigenvalue weighted by Gasteiger charge is 2.59. The molecule has 0 rings (SSSR count). The predicted molar refractivity (Wildman–Crippen MR) is 243 cm³/mol. The minimum absolute atomic E-state index is 0.156. The Balaban J connectivity index is 7.28. The zero-order valence-electron chi connectivity index (χ0n) is 37.9. The van der Waals surface area contributed by atoms with E-state index in [1.54, 1.807) is 0 Å². The lowest BCUT2D eigenvalue weighted by Crippen LogP contribution is -2.70. The highest BCUT2D eigenvalue weighted by molar-refractivity contribution is 6.87. The van der Waals surface area contributed by atoms with Gasteiger partial charge in [-0.25, -0.2) is 0 Å². The topological polar surface area (TPSA) is 55.4 Å². The molecule has 13 heteroatoms. The quantitative estimate of drug-likeness (QED) is 0.0854.